The number of ether oxygens (including phenoxy) is 2. The molecule has 1 aromatic heterocycles. The minimum absolute atomic E-state index is 0.00686. The molecule has 150 valence electrons. The van der Waals surface area contributed by atoms with Crippen LogP contribution < -0.4 is 14.8 Å². The molecule has 2 N–H and O–H groups in total. The van der Waals surface area contributed by atoms with E-state index >= 15 is 0 Å². The summed E-state index contributed by atoms with van der Waals surface area (Å²) in [5.74, 6) is 0.142. The van der Waals surface area contributed by atoms with Crippen molar-refractivity contribution in [2.75, 3.05) is 12.4 Å². The van der Waals surface area contributed by atoms with Crippen LogP contribution in [-0.2, 0) is 6.61 Å². The normalized spacial score (nSPS) is 10.4. The number of aromatic nitrogens is 2. The fourth-order valence-corrected chi connectivity index (χ4v) is 2.56. The van der Waals surface area contributed by atoms with Gasteiger partial charge < -0.3 is 19.9 Å². The first kappa shape index (κ1) is 20.1. The number of phenolic OH excluding ortho intramolecular Hbond substituents is 1. The number of phenols is 1. The highest BCUT2D eigenvalue weighted by atomic mass is 19.1. The number of carbonyl (C=O) groups is 1. The lowest BCUT2D eigenvalue weighted by Gasteiger charge is -2.12. The molecule has 0 saturated carbocycles. The fraction of sp³-hybridized carbons (Fsp3) is 0.190. The molecule has 2 aromatic carbocycles. The van der Waals surface area contributed by atoms with E-state index in [2.05, 4.69) is 15.3 Å². The largest absolute Gasteiger partial charge is 0.508 e. The number of hydrogen-bond donors (Lipinski definition) is 2. The summed E-state index contributed by atoms with van der Waals surface area (Å²) in [4.78, 5) is 20.2. The summed E-state index contributed by atoms with van der Waals surface area (Å²) in [5, 5.41) is 12.3. The number of ketones is 1. The standard InChI is InChI=1S/C21H20FN3O4/c1-3-18(27)13-8-14(20(22)19(9-13)28-2)12-29-17-10-23-21(24-11-17)25-15-4-6-16(26)7-5-15/h4-11,26H,3,12H2,1-2H3,(H,23,24,25). The van der Waals surface area contributed by atoms with Crippen molar-refractivity contribution in [3.05, 3.63) is 65.7 Å². The Morgan fingerprint density at radius 1 is 1.17 bits per heavy atom. The molecule has 3 rings (SSSR count). The van der Waals surface area contributed by atoms with Gasteiger partial charge in [0.1, 0.15) is 12.4 Å². The number of nitrogens with one attached hydrogen (secondary N) is 1. The molecule has 0 aliphatic carbocycles. The van der Waals surface area contributed by atoms with Gasteiger partial charge in [-0.1, -0.05) is 6.92 Å². The number of carbonyl (C=O) groups excluding carboxylic acids is 1. The third-order valence-electron chi connectivity index (χ3n) is 4.12. The average Bonchev–Trinajstić information content (AvgIpc) is 2.75. The van der Waals surface area contributed by atoms with Gasteiger partial charge in [0.25, 0.3) is 0 Å². The summed E-state index contributed by atoms with van der Waals surface area (Å²) in [6, 6.07) is 9.30. The van der Waals surface area contributed by atoms with Gasteiger partial charge in [-0.25, -0.2) is 14.4 Å². The van der Waals surface area contributed by atoms with Crippen LogP contribution in [0.4, 0.5) is 16.0 Å². The van der Waals surface area contributed by atoms with Gasteiger partial charge in [-0.15, -0.1) is 0 Å². The summed E-state index contributed by atoms with van der Waals surface area (Å²) in [6.45, 7) is 1.63. The zero-order valence-corrected chi connectivity index (χ0v) is 16.0. The Kier molecular flexibility index (Phi) is 6.23. The predicted octanol–water partition coefficient (Wildman–Crippen LogP) is 4.25. The van der Waals surface area contributed by atoms with Crippen LogP contribution in [0.5, 0.6) is 17.2 Å². The lowest BCUT2D eigenvalue weighted by Crippen LogP contribution is -2.06. The van der Waals surface area contributed by atoms with Crippen LogP contribution in [0.1, 0.15) is 29.3 Å². The third kappa shape index (κ3) is 4.98. The lowest BCUT2D eigenvalue weighted by atomic mass is 10.0. The Balaban J connectivity index is 1.69. The van der Waals surface area contributed by atoms with E-state index in [1.807, 2.05) is 0 Å². The van der Waals surface area contributed by atoms with Crippen molar-refractivity contribution in [3.8, 4) is 17.2 Å². The van der Waals surface area contributed by atoms with Crippen molar-refractivity contribution < 1.29 is 23.8 Å². The minimum Gasteiger partial charge on any atom is -0.508 e. The topological polar surface area (TPSA) is 93.6 Å². The van der Waals surface area contributed by atoms with Crippen LogP contribution in [-0.4, -0.2) is 28.0 Å². The first-order chi connectivity index (χ1) is 14.0. The predicted molar refractivity (Wildman–Crippen MR) is 105 cm³/mol. The number of aromatic hydroxyl groups is 1. The van der Waals surface area contributed by atoms with E-state index in [9.17, 15) is 14.3 Å². The van der Waals surface area contributed by atoms with Crippen LogP contribution in [0.2, 0.25) is 0 Å². The van der Waals surface area contributed by atoms with Crippen LogP contribution in [0.15, 0.2) is 48.8 Å². The summed E-state index contributed by atoms with van der Waals surface area (Å²) >= 11 is 0. The van der Waals surface area contributed by atoms with Crippen LogP contribution in [0.3, 0.4) is 0 Å². The third-order valence-corrected chi connectivity index (χ3v) is 4.12. The van der Waals surface area contributed by atoms with Gasteiger partial charge in [0, 0.05) is 23.2 Å². The van der Waals surface area contributed by atoms with Gasteiger partial charge in [0.15, 0.2) is 23.1 Å². The van der Waals surface area contributed by atoms with Crippen molar-refractivity contribution in [2.45, 2.75) is 20.0 Å². The van der Waals surface area contributed by atoms with E-state index < -0.39 is 5.82 Å². The van der Waals surface area contributed by atoms with Gasteiger partial charge in [-0.2, -0.15) is 0 Å². The Hall–Kier alpha value is -3.68. The van der Waals surface area contributed by atoms with Gasteiger partial charge in [-0.3, -0.25) is 4.79 Å². The number of Topliss-reactive ketones (excluding diaryl/α,β-unsaturated/α-hetero) is 1. The number of hydrogen-bond acceptors (Lipinski definition) is 7. The zero-order chi connectivity index (χ0) is 20.8. The number of rotatable bonds is 8. The molecule has 0 spiro atoms. The van der Waals surface area contributed by atoms with Crippen molar-refractivity contribution >= 4 is 17.4 Å². The second-order valence-electron chi connectivity index (χ2n) is 6.13. The zero-order valence-electron chi connectivity index (χ0n) is 16.0. The van der Waals surface area contributed by atoms with E-state index in [1.54, 1.807) is 31.2 Å². The molecule has 0 aliphatic heterocycles. The smallest absolute Gasteiger partial charge is 0.227 e. The molecule has 1 heterocycles. The van der Waals surface area contributed by atoms with Crippen LogP contribution in [0, 0.1) is 5.82 Å². The summed E-state index contributed by atoms with van der Waals surface area (Å²) in [5.41, 5.74) is 1.28. The molecule has 29 heavy (non-hydrogen) atoms. The molecule has 0 fully saturated rings. The summed E-state index contributed by atoms with van der Waals surface area (Å²) in [7, 11) is 1.34. The van der Waals surface area contributed by atoms with E-state index in [0.29, 0.717) is 29.4 Å². The lowest BCUT2D eigenvalue weighted by molar-refractivity contribution is 0.0987. The van der Waals surface area contributed by atoms with E-state index in [4.69, 9.17) is 9.47 Å². The molecule has 0 saturated heterocycles. The molecule has 0 bridgehead atoms. The van der Waals surface area contributed by atoms with Crippen molar-refractivity contribution in [3.63, 3.8) is 0 Å². The number of anilines is 2. The van der Waals surface area contributed by atoms with Crippen molar-refractivity contribution in [1.29, 1.82) is 0 Å². The van der Waals surface area contributed by atoms with E-state index in [1.165, 1.54) is 31.6 Å². The highest BCUT2D eigenvalue weighted by Gasteiger charge is 2.15. The maximum absolute atomic E-state index is 14.5. The first-order valence-corrected chi connectivity index (χ1v) is 8.90. The second-order valence-corrected chi connectivity index (χ2v) is 6.13. The van der Waals surface area contributed by atoms with Gasteiger partial charge in [-0.05, 0) is 36.4 Å². The molecule has 0 amide bonds. The maximum Gasteiger partial charge on any atom is 0.227 e. The highest BCUT2D eigenvalue weighted by Crippen LogP contribution is 2.25. The molecule has 3 aromatic rings. The number of methoxy groups -OCH3 is 1. The van der Waals surface area contributed by atoms with Crippen molar-refractivity contribution in [2.24, 2.45) is 0 Å². The van der Waals surface area contributed by atoms with Crippen LogP contribution >= 0.6 is 0 Å². The van der Waals surface area contributed by atoms with E-state index in [0.717, 1.165) is 0 Å². The Morgan fingerprint density at radius 2 is 1.86 bits per heavy atom. The Morgan fingerprint density at radius 3 is 2.48 bits per heavy atom. The molecule has 0 aliphatic rings. The Labute approximate surface area is 167 Å². The first-order valence-electron chi connectivity index (χ1n) is 8.90. The molecule has 8 heteroatoms. The molecule has 0 radical (unpaired) electrons. The molecule has 0 unspecified atom stereocenters. The fourth-order valence-electron chi connectivity index (χ4n) is 2.56. The summed E-state index contributed by atoms with van der Waals surface area (Å²) in [6.07, 6.45) is 3.20. The SMILES string of the molecule is CCC(=O)c1cc(COc2cnc(Nc3ccc(O)cc3)nc2)c(F)c(OC)c1. The maximum atomic E-state index is 14.5. The number of halogens is 1. The summed E-state index contributed by atoms with van der Waals surface area (Å²) < 4.78 is 25.1. The molecular formula is C21H20FN3O4. The number of benzene rings is 2. The van der Waals surface area contributed by atoms with Crippen LogP contribution in [0.25, 0.3) is 0 Å². The molecular weight excluding hydrogens is 377 g/mol. The highest BCUT2D eigenvalue weighted by molar-refractivity contribution is 5.96. The molecule has 7 nitrogen and oxygen atoms in total. The minimum atomic E-state index is -0.577. The van der Waals surface area contributed by atoms with Gasteiger partial charge in [0.2, 0.25) is 5.95 Å². The van der Waals surface area contributed by atoms with Gasteiger partial charge in [0.05, 0.1) is 19.5 Å². The average molecular weight is 397 g/mol. The quantitative estimate of drug-likeness (QED) is 0.434. The number of nitrogens with zero attached hydrogens (tertiary/aromatic N) is 2. The molecule has 0 atom stereocenters. The Bertz CT molecular complexity index is 992. The van der Waals surface area contributed by atoms with E-state index in [-0.39, 0.29) is 29.5 Å². The second kappa shape index (κ2) is 9.01. The van der Waals surface area contributed by atoms with Crippen molar-refractivity contribution in [1.82, 2.24) is 9.97 Å². The van der Waals surface area contributed by atoms with Gasteiger partial charge >= 0.3 is 0 Å². The monoisotopic (exact) mass is 397 g/mol.